The van der Waals surface area contributed by atoms with Gasteiger partial charge in [-0.25, -0.2) is 0 Å². The van der Waals surface area contributed by atoms with Crippen molar-refractivity contribution in [3.63, 3.8) is 0 Å². The maximum absolute atomic E-state index is 11.1. The number of unbranched alkanes of at least 4 members (excludes halogenated alkanes) is 9. The average molecular weight is 413 g/mol. The summed E-state index contributed by atoms with van der Waals surface area (Å²) in [6.45, 7) is 9.07. The number of ketones is 1. The molecule has 2 unspecified atom stereocenters. The van der Waals surface area contributed by atoms with Crippen LogP contribution in [-0.4, -0.2) is 38.5 Å². The van der Waals surface area contributed by atoms with Gasteiger partial charge in [0.1, 0.15) is 13.2 Å². The predicted octanol–water partition coefficient (Wildman–Crippen LogP) is 6.70. The molecule has 0 aromatic rings. The van der Waals surface area contributed by atoms with Crippen molar-refractivity contribution >= 4 is 5.78 Å². The lowest BCUT2D eigenvalue weighted by molar-refractivity contribution is -0.202. The van der Waals surface area contributed by atoms with E-state index >= 15 is 0 Å². The molecule has 29 heavy (non-hydrogen) atoms. The fraction of sp³-hybridized carbons (Fsp3) is 0.960. The first-order valence-electron chi connectivity index (χ1n) is 12.5. The minimum Gasteiger partial charge on any atom is -0.381 e. The van der Waals surface area contributed by atoms with Gasteiger partial charge in [-0.3, -0.25) is 4.79 Å². The minimum atomic E-state index is -0.180. The van der Waals surface area contributed by atoms with E-state index in [0.29, 0.717) is 5.92 Å². The van der Waals surface area contributed by atoms with Crippen molar-refractivity contribution in [2.45, 2.75) is 117 Å². The third-order valence-corrected chi connectivity index (χ3v) is 6.13. The summed E-state index contributed by atoms with van der Waals surface area (Å²) >= 11 is 0. The largest absolute Gasteiger partial charge is 0.381 e. The van der Waals surface area contributed by atoms with Gasteiger partial charge in [0, 0.05) is 19.1 Å². The van der Waals surface area contributed by atoms with Crippen LogP contribution in [0.15, 0.2) is 0 Å². The average Bonchev–Trinajstić information content (AvgIpc) is 2.73. The first-order valence-corrected chi connectivity index (χ1v) is 12.5. The molecule has 0 bridgehead atoms. The Morgan fingerprint density at radius 3 is 2.03 bits per heavy atom. The SMILES string of the molecule is CCCCC(CC)COCCCCCCCCCCCC(C)C1OCC(=O)CO1. The van der Waals surface area contributed by atoms with E-state index in [9.17, 15) is 4.79 Å². The molecule has 1 aliphatic heterocycles. The molecule has 1 heterocycles. The number of hydrogen-bond donors (Lipinski definition) is 0. The Hall–Kier alpha value is -0.450. The fourth-order valence-corrected chi connectivity index (χ4v) is 3.96. The summed E-state index contributed by atoms with van der Waals surface area (Å²) in [5, 5.41) is 0. The molecule has 1 rings (SSSR count). The summed E-state index contributed by atoms with van der Waals surface area (Å²) in [7, 11) is 0. The second-order valence-corrected chi connectivity index (χ2v) is 8.97. The molecule has 1 fully saturated rings. The van der Waals surface area contributed by atoms with Crippen LogP contribution >= 0.6 is 0 Å². The fourth-order valence-electron chi connectivity index (χ4n) is 3.96. The number of Topliss-reactive ketones (excluding diaryl/α,β-unsaturated/α-hetero) is 1. The van der Waals surface area contributed by atoms with Crippen molar-refractivity contribution in [2.75, 3.05) is 26.4 Å². The quantitative estimate of drug-likeness (QED) is 0.221. The maximum Gasteiger partial charge on any atom is 0.184 e. The molecule has 172 valence electrons. The van der Waals surface area contributed by atoms with E-state index in [0.717, 1.165) is 25.6 Å². The lowest BCUT2D eigenvalue weighted by Crippen LogP contribution is -2.36. The second-order valence-electron chi connectivity index (χ2n) is 8.97. The van der Waals surface area contributed by atoms with Gasteiger partial charge in [0.15, 0.2) is 12.1 Å². The molecule has 0 N–H and O–H groups in total. The Kier molecular flexibility index (Phi) is 16.8. The summed E-state index contributed by atoms with van der Waals surface area (Å²) in [5.41, 5.74) is 0. The van der Waals surface area contributed by atoms with E-state index in [-0.39, 0.29) is 25.3 Å². The molecule has 4 nitrogen and oxygen atoms in total. The van der Waals surface area contributed by atoms with E-state index in [2.05, 4.69) is 20.8 Å². The van der Waals surface area contributed by atoms with E-state index in [1.807, 2.05) is 0 Å². The van der Waals surface area contributed by atoms with Gasteiger partial charge in [0.05, 0.1) is 0 Å². The highest BCUT2D eigenvalue weighted by molar-refractivity contribution is 5.81. The lowest BCUT2D eigenvalue weighted by atomic mass is 10.0. The molecule has 0 aromatic carbocycles. The zero-order chi connectivity index (χ0) is 21.2. The van der Waals surface area contributed by atoms with E-state index in [4.69, 9.17) is 14.2 Å². The Balaban J connectivity index is 1.80. The number of hydrogen-bond acceptors (Lipinski definition) is 4. The summed E-state index contributed by atoms with van der Waals surface area (Å²) in [4.78, 5) is 11.1. The zero-order valence-corrected chi connectivity index (χ0v) is 19.6. The summed E-state index contributed by atoms with van der Waals surface area (Å²) in [6.07, 6.45) is 18.0. The molecule has 1 aliphatic rings. The highest BCUT2D eigenvalue weighted by Crippen LogP contribution is 2.20. The van der Waals surface area contributed by atoms with Crippen LogP contribution in [0.25, 0.3) is 0 Å². The molecule has 0 saturated carbocycles. The van der Waals surface area contributed by atoms with Crippen LogP contribution in [0.3, 0.4) is 0 Å². The third-order valence-electron chi connectivity index (χ3n) is 6.13. The van der Waals surface area contributed by atoms with Crippen LogP contribution in [0, 0.1) is 11.8 Å². The first kappa shape index (κ1) is 26.6. The van der Waals surface area contributed by atoms with E-state index in [1.165, 1.54) is 83.5 Å². The van der Waals surface area contributed by atoms with E-state index < -0.39 is 0 Å². The molecule has 0 amide bonds. The Morgan fingerprint density at radius 1 is 0.862 bits per heavy atom. The monoisotopic (exact) mass is 412 g/mol. The highest BCUT2D eigenvalue weighted by atomic mass is 16.7. The molecular formula is C25H48O4. The number of carbonyl (C=O) groups is 1. The topological polar surface area (TPSA) is 44.8 Å². The highest BCUT2D eigenvalue weighted by Gasteiger charge is 2.24. The molecule has 0 aliphatic carbocycles. The van der Waals surface area contributed by atoms with Crippen LogP contribution in [-0.2, 0) is 19.0 Å². The zero-order valence-electron chi connectivity index (χ0n) is 19.6. The van der Waals surface area contributed by atoms with Crippen molar-refractivity contribution in [1.29, 1.82) is 0 Å². The van der Waals surface area contributed by atoms with Crippen LogP contribution in [0.5, 0.6) is 0 Å². The van der Waals surface area contributed by atoms with Crippen molar-refractivity contribution in [2.24, 2.45) is 11.8 Å². The smallest absolute Gasteiger partial charge is 0.184 e. The van der Waals surface area contributed by atoms with Gasteiger partial charge in [0.2, 0.25) is 0 Å². The standard InChI is InChI=1S/C25H48O4/c1-4-6-17-23(5-2)19-27-18-15-13-11-9-7-8-10-12-14-16-22(3)25-28-20-24(26)21-29-25/h22-23,25H,4-21H2,1-3H3. The number of ether oxygens (including phenoxy) is 3. The predicted molar refractivity (Wildman–Crippen MR) is 120 cm³/mol. The van der Waals surface area contributed by atoms with Crippen LogP contribution in [0.2, 0.25) is 0 Å². The van der Waals surface area contributed by atoms with Gasteiger partial charge < -0.3 is 14.2 Å². The summed E-state index contributed by atoms with van der Waals surface area (Å²) in [5.74, 6) is 1.20. The molecule has 4 heteroatoms. The molecule has 0 aromatic heterocycles. The van der Waals surface area contributed by atoms with Gasteiger partial charge in [-0.15, -0.1) is 0 Å². The number of carbonyl (C=O) groups excluding carboxylic acids is 1. The Labute approximate surface area is 180 Å². The molecule has 1 saturated heterocycles. The van der Waals surface area contributed by atoms with Crippen molar-refractivity contribution in [3.05, 3.63) is 0 Å². The Bertz CT molecular complexity index is 375. The van der Waals surface area contributed by atoms with Gasteiger partial charge in [-0.1, -0.05) is 91.4 Å². The van der Waals surface area contributed by atoms with Gasteiger partial charge in [-0.2, -0.15) is 0 Å². The molecule has 0 radical (unpaired) electrons. The molecule has 0 spiro atoms. The van der Waals surface area contributed by atoms with Gasteiger partial charge >= 0.3 is 0 Å². The summed E-state index contributed by atoms with van der Waals surface area (Å²) in [6, 6.07) is 0. The Morgan fingerprint density at radius 2 is 1.45 bits per heavy atom. The van der Waals surface area contributed by atoms with Gasteiger partial charge in [-0.05, 0) is 25.2 Å². The molecule has 2 atom stereocenters. The first-order chi connectivity index (χ1) is 14.2. The lowest BCUT2D eigenvalue weighted by Gasteiger charge is -2.27. The minimum absolute atomic E-state index is 0.0496. The number of rotatable bonds is 19. The van der Waals surface area contributed by atoms with Gasteiger partial charge in [0.25, 0.3) is 0 Å². The normalized spacial score (nSPS) is 17.6. The van der Waals surface area contributed by atoms with Crippen LogP contribution in [0.1, 0.15) is 111 Å². The second kappa shape index (κ2) is 18.3. The third kappa shape index (κ3) is 14.2. The van der Waals surface area contributed by atoms with Crippen molar-refractivity contribution < 1.29 is 19.0 Å². The van der Waals surface area contributed by atoms with Crippen molar-refractivity contribution in [3.8, 4) is 0 Å². The van der Waals surface area contributed by atoms with Crippen LogP contribution < -0.4 is 0 Å². The van der Waals surface area contributed by atoms with Crippen LogP contribution in [0.4, 0.5) is 0 Å². The van der Waals surface area contributed by atoms with Crippen molar-refractivity contribution in [1.82, 2.24) is 0 Å². The van der Waals surface area contributed by atoms with E-state index in [1.54, 1.807) is 0 Å². The maximum atomic E-state index is 11.1. The summed E-state index contributed by atoms with van der Waals surface area (Å²) < 4.78 is 16.8. The molecular weight excluding hydrogens is 364 g/mol.